The van der Waals surface area contributed by atoms with Crippen LogP contribution in [0.1, 0.15) is 45.9 Å². The van der Waals surface area contributed by atoms with Crippen LogP contribution in [-0.4, -0.2) is 21.5 Å². The second-order valence-electron chi connectivity index (χ2n) is 6.60. The number of amides is 1. The summed E-state index contributed by atoms with van der Waals surface area (Å²) < 4.78 is 1.84. The highest BCUT2D eigenvalue weighted by Gasteiger charge is 2.15. The van der Waals surface area contributed by atoms with Crippen molar-refractivity contribution in [2.45, 2.75) is 40.0 Å². The minimum Gasteiger partial charge on any atom is -0.323 e. The molecule has 2 heterocycles. The van der Waals surface area contributed by atoms with E-state index in [1.165, 1.54) is 16.9 Å². The molecule has 1 aromatic carbocycles. The first kappa shape index (κ1) is 19.0. The molecule has 1 N–H and O–H groups in total. The second-order valence-corrected chi connectivity index (χ2v) is 7.54. The Morgan fingerprint density at radius 2 is 1.81 bits per heavy atom. The van der Waals surface area contributed by atoms with Crippen molar-refractivity contribution in [3.63, 3.8) is 0 Å². The molecule has 0 aliphatic heterocycles. The predicted molar refractivity (Wildman–Crippen MR) is 109 cm³/mol. The van der Waals surface area contributed by atoms with Crippen molar-refractivity contribution in [1.29, 1.82) is 0 Å². The largest absolute Gasteiger partial charge is 0.323 e. The number of ketones is 1. The van der Waals surface area contributed by atoms with Crippen molar-refractivity contribution in [2.24, 2.45) is 0 Å². The minimum atomic E-state index is -0.0939. The number of anilines is 1. The summed E-state index contributed by atoms with van der Waals surface area (Å²) in [7, 11) is 0. The van der Waals surface area contributed by atoms with Crippen LogP contribution in [0.3, 0.4) is 0 Å². The van der Waals surface area contributed by atoms with E-state index in [1.807, 2.05) is 67.2 Å². The number of nitrogens with one attached hydrogen (secondary N) is 1. The zero-order valence-electron chi connectivity index (χ0n) is 15.8. The van der Waals surface area contributed by atoms with Gasteiger partial charge in [-0.3, -0.25) is 9.59 Å². The maximum Gasteiger partial charge on any atom is 0.224 e. The third-order valence-electron chi connectivity index (χ3n) is 4.44. The fraction of sp³-hybridized carbons (Fsp3) is 0.286. The van der Waals surface area contributed by atoms with Crippen LogP contribution in [0.4, 0.5) is 5.69 Å². The quantitative estimate of drug-likeness (QED) is 0.595. The molecule has 6 heteroatoms. The van der Waals surface area contributed by atoms with Gasteiger partial charge >= 0.3 is 0 Å². The Kier molecular flexibility index (Phi) is 5.86. The van der Waals surface area contributed by atoms with Crippen LogP contribution in [0.2, 0.25) is 0 Å². The van der Waals surface area contributed by atoms with Crippen LogP contribution in [0, 0.1) is 20.8 Å². The molecule has 140 valence electrons. The summed E-state index contributed by atoms with van der Waals surface area (Å²) in [6.45, 7) is 5.86. The zero-order valence-corrected chi connectivity index (χ0v) is 16.6. The maximum atomic E-state index is 12.3. The molecular formula is C21H23N3O2S. The molecule has 0 saturated heterocycles. The van der Waals surface area contributed by atoms with Crippen molar-refractivity contribution in [3.8, 4) is 5.69 Å². The lowest BCUT2D eigenvalue weighted by molar-refractivity contribution is -0.116. The number of thiophene rings is 1. The first-order valence-electron chi connectivity index (χ1n) is 8.95. The average molecular weight is 382 g/mol. The number of hydrogen-bond donors (Lipinski definition) is 1. The highest BCUT2D eigenvalue weighted by molar-refractivity contribution is 7.12. The molecular weight excluding hydrogens is 358 g/mol. The van der Waals surface area contributed by atoms with Crippen molar-refractivity contribution < 1.29 is 9.59 Å². The molecule has 0 aliphatic rings. The van der Waals surface area contributed by atoms with Gasteiger partial charge in [0, 0.05) is 12.8 Å². The third kappa shape index (κ3) is 4.52. The zero-order chi connectivity index (χ0) is 19.4. The molecule has 0 radical (unpaired) electrons. The van der Waals surface area contributed by atoms with Crippen LogP contribution in [0.15, 0.2) is 41.8 Å². The average Bonchev–Trinajstić information content (AvgIpc) is 3.27. The summed E-state index contributed by atoms with van der Waals surface area (Å²) in [4.78, 5) is 25.1. The maximum absolute atomic E-state index is 12.3. The molecule has 0 unspecified atom stereocenters. The normalized spacial score (nSPS) is 10.8. The van der Waals surface area contributed by atoms with E-state index in [9.17, 15) is 9.59 Å². The van der Waals surface area contributed by atoms with Gasteiger partial charge in [-0.25, -0.2) is 4.68 Å². The Morgan fingerprint density at radius 1 is 1.07 bits per heavy atom. The fourth-order valence-corrected chi connectivity index (χ4v) is 3.63. The number of rotatable bonds is 7. The van der Waals surface area contributed by atoms with Crippen molar-refractivity contribution in [3.05, 3.63) is 63.6 Å². The van der Waals surface area contributed by atoms with Gasteiger partial charge in [0.25, 0.3) is 0 Å². The van der Waals surface area contributed by atoms with Gasteiger partial charge in [-0.1, -0.05) is 23.8 Å². The highest BCUT2D eigenvalue weighted by Crippen LogP contribution is 2.23. The molecule has 3 aromatic rings. The van der Waals surface area contributed by atoms with Crippen molar-refractivity contribution in [1.82, 2.24) is 9.78 Å². The number of carbonyl (C=O) groups excluding carboxylic acids is 2. The Morgan fingerprint density at radius 3 is 2.48 bits per heavy atom. The summed E-state index contributed by atoms with van der Waals surface area (Å²) >= 11 is 1.44. The number of benzene rings is 1. The van der Waals surface area contributed by atoms with Crippen LogP contribution >= 0.6 is 11.3 Å². The molecule has 5 nitrogen and oxygen atoms in total. The Bertz CT molecular complexity index is 941. The number of carbonyl (C=O) groups is 2. The molecule has 0 saturated carbocycles. The number of nitrogens with zero attached hydrogens (tertiary/aromatic N) is 2. The van der Waals surface area contributed by atoms with Gasteiger partial charge in [0.05, 0.1) is 27.6 Å². The van der Waals surface area contributed by atoms with Crippen LogP contribution < -0.4 is 5.32 Å². The first-order chi connectivity index (χ1) is 13.0. The summed E-state index contributed by atoms with van der Waals surface area (Å²) in [5.74, 6) is 0.000914. The van der Waals surface area contributed by atoms with Crippen LogP contribution in [0.25, 0.3) is 5.69 Å². The van der Waals surface area contributed by atoms with E-state index in [2.05, 4.69) is 10.4 Å². The predicted octanol–water partition coefficient (Wildman–Crippen LogP) is 4.85. The molecule has 0 aliphatic carbocycles. The highest BCUT2D eigenvalue weighted by atomic mass is 32.1. The lowest BCUT2D eigenvalue weighted by Gasteiger charge is -2.07. The SMILES string of the molecule is Cc1ccc(-n2nc(C)c(NC(=O)CCCC(=O)c3cccs3)c2C)cc1. The molecule has 0 spiro atoms. The first-order valence-corrected chi connectivity index (χ1v) is 9.83. The molecule has 0 fully saturated rings. The molecule has 27 heavy (non-hydrogen) atoms. The summed E-state index contributed by atoms with van der Waals surface area (Å²) in [5.41, 5.74) is 4.55. The van der Waals surface area contributed by atoms with Crippen molar-refractivity contribution in [2.75, 3.05) is 5.32 Å². The van der Waals surface area contributed by atoms with Crippen LogP contribution in [-0.2, 0) is 4.79 Å². The van der Waals surface area contributed by atoms with E-state index >= 15 is 0 Å². The van der Waals surface area contributed by atoms with E-state index in [1.54, 1.807) is 0 Å². The van der Waals surface area contributed by atoms with E-state index in [-0.39, 0.29) is 11.7 Å². The Balaban J connectivity index is 1.61. The van der Waals surface area contributed by atoms with Gasteiger partial charge in [0.15, 0.2) is 5.78 Å². The van der Waals surface area contributed by atoms with Gasteiger partial charge in [0.1, 0.15) is 0 Å². The molecule has 2 aromatic heterocycles. The second kappa shape index (κ2) is 8.31. The van der Waals surface area contributed by atoms with E-state index in [4.69, 9.17) is 0 Å². The third-order valence-corrected chi connectivity index (χ3v) is 5.35. The number of Topliss-reactive ketones (excluding diaryl/α,β-unsaturated/α-hetero) is 1. The topological polar surface area (TPSA) is 64.0 Å². The van der Waals surface area contributed by atoms with Gasteiger partial charge in [-0.05, 0) is 50.8 Å². The van der Waals surface area contributed by atoms with Gasteiger partial charge in [-0.15, -0.1) is 11.3 Å². The minimum absolute atomic E-state index is 0.0939. The molecule has 0 bridgehead atoms. The Hall–Kier alpha value is -2.73. The molecule has 3 rings (SSSR count). The fourth-order valence-electron chi connectivity index (χ4n) is 2.93. The van der Waals surface area contributed by atoms with Gasteiger partial charge in [-0.2, -0.15) is 5.10 Å². The van der Waals surface area contributed by atoms with Gasteiger partial charge < -0.3 is 5.32 Å². The Labute approximate surface area is 163 Å². The van der Waals surface area contributed by atoms with E-state index in [0.717, 1.165) is 27.6 Å². The lowest BCUT2D eigenvalue weighted by atomic mass is 10.1. The van der Waals surface area contributed by atoms with Crippen LogP contribution in [0.5, 0.6) is 0 Å². The number of hydrogen-bond acceptors (Lipinski definition) is 4. The van der Waals surface area contributed by atoms with E-state index < -0.39 is 0 Å². The standard InChI is InChI=1S/C21H23N3O2S/c1-14-9-11-17(12-10-14)24-16(3)21(15(2)23-24)22-20(26)8-4-6-18(25)19-7-5-13-27-19/h5,7,9-13H,4,6,8H2,1-3H3,(H,22,26). The van der Waals surface area contributed by atoms with Crippen molar-refractivity contribution >= 4 is 28.7 Å². The lowest BCUT2D eigenvalue weighted by Crippen LogP contribution is -2.13. The number of aromatic nitrogens is 2. The summed E-state index contributed by atoms with van der Waals surface area (Å²) in [6.07, 6.45) is 1.23. The smallest absolute Gasteiger partial charge is 0.224 e. The summed E-state index contributed by atoms with van der Waals surface area (Å²) in [6, 6.07) is 11.8. The monoisotopic (exact) mass is 381 g/mol. The van der Waals surface area contributed by atoms with Gasteiger partial charge in [0.2, 0.25) is 5.91 Å². The molecule has 0 atom stereocenters. The number of aryl methyl sites for hydroxylation is 2. The summed E-state index contributed by atoms with van der Waals surface area (Å²) in [5, 5.41) is 9.40. The van der Waals surface area contributed by atoms with E-state index in [0.29, 0.717) is 19.3 Å². The molecule has 1 amide bonds.